The van der Waals surface area contributed by atoms with E-state index in [1.165, 1.54) is 4.68 Å². The second-order valence-corrected chi connectivity index (χ2v) is 3.51. The highest BCUT2D eigenvalue weighted by Gasteiger charge is 2.23. The van der Waals surface area contributed by atoms with E-state index in [0.29, 0.717) is 18.1 Å². The van der Waals surface area contributed by atoms with Gasteiger partial charge in [-0.05, 0) is 6.92 Å². The lowest BCUT2D eigenvalue weighted by atomic mass is 10.3. The minimum Gasteiger partial charge on any atom is -0.364 e. The Morgan fingerprint density at radius 2 is 2.24 bits per heavy atom. The zero-order valence-electron chi connectivity index (χ0n) is 9.98. The third-order valence-electron chi connectivity index (χ3n) is 2.30. The monoisotopic (exact) mass is 241 g/mol. The van der Waals surface area contributed by atoms with E-state index in [0.717, 1.165) is 0 Å². The van der Waals surface area contributed by atoms with Gasteiger partial charge in [0.2, 0.25) is 11.7 Å². The van der Waals surface area contributed by atoms with E-state index in [1.807, 2.05) is 0 Å². The fraction of sp³-hybridized carbons (Fsp3) is 0.556. The van der Waals surface area contributed by atoms with Crippen molar-refractivity contribution >= 4 is 17.4 Å². The average molecular weight is 241 g/mol. The number of carbonyl (C=O) groups excluding carboxylic acids is 1. The molecule has 0 aliphatic heterocycles. The maximum Gasteiger partial charge on any atom is 0.333 e. The highest BCUT2D eigenvalue weighted by atomic mass is 16.6. The average Bonchev–Trinajstić information content (AvgIpc) is 2.53. The van der Waals surface area contributed by atoms with E-state index in [-0.39, 0.29) is 18.0 Å². The van der Waals surface area contributed by atoms with Crippen molar-refractivity contribution in [3.63, 3.8) is 0 Å². The van der Waals surface area contributed by atoms with Crippen molar-refractivity contribution in [2.45, 2.75) is 13.3 Å². The lowest BCUT2D eigenvalue weighted by Crippen LogP contribution is -2.21. The Morgan fingerprint density at radius 1 is 1.59 bits per heavy atom. The molecule has 0 aliphatic rings. The van der Waals surface area contributed by atoms with Gasteiger partial charge >= 0.3 is 5.69 Å². The molecule has 0 fully saturated rings. The summed E-state index contributed by atoms with van der Waals surface area (Å²) in [5, 5.41) is 20.1. The minimum atomic E-state index is -0.482. The maximum absolute atomic E-state index is 11.0. The van der Waals surface area contributed by atoms with Crippen LogP contribution in [0.25, 0.3) is 0 Å². The Labute approximate surface area is 98.1 Å². The van der Waals surface area contributed by atoms with Crippen LogP contribution in [0.15, 0.2) is 0 Å². The van der Waals surface area contributed by atoms with Crippen LogP contribution >= 0.6 is 0 Å². The quantitative estimate of drug-likeness (QED) is 0.565. The number of carbonyl (C=O) groups is 1. The number of aryl methyl sites for hydroxylation is 2. The molecule has 0 aliphatic carbocycles. The molecule has 0 atom stereocenters. The molecule has 0 spiro atoms. The van der Waals surface area contributed by atoms with E-state index in [1.54, 1.807) is 21.0 Å². The van der Waals surface area contributed by atoms with Crippen LogP contribution in [0.3, 0.4) is 0 Å². The summed E-state index contributed by atoms with van der Waals surface area (Å²) in [5.74, 6) is 0.190. The first kappa shape index (κ1) is 12.9. The molecule has 0 saturated carbocycles. The summed E-state index contributed by atoms with van der Waals surface area (Å²) in [7, 11) is 3.15. The first-order valence-electron chi connectivity index (χ1n) is 5.09. The number of aromatic nitrogens is 2. The molecule has 8 nitrogen and oxygen atoms in total. The Kier molecular flexibility index (Phi) is 4.02. The van der Waals surface area contributed by atoms with Gasteiger partial charge in [-0.1, -0.05) is 0 Å². The standard InChI is InChI=1S/C9H15N5O3/c1-6-8(14(16)17)9(13(3)12-6)11-5-4-7(15)10-2/h11H,4-5H2,1-3H3,(H,10,15). The third-order valence-corrected chi connectivity index (χ3v) is 2.30. The van der Waals surface area contributed by atoms with Crippen LogP contribution in [0.2, 0.25) is 0 Å². The van der Waals surface area contributed by atoms with Gasteiger partial charge in [-0.2, -0.15) is 5.10 Å². The van der Waals surface area contributed by atoms with Crippen molar-refractivity contribution in [1.29, 1.82) is 0 Å². The predicted octanol–water partition coefficient (Wildman–Crippen LogP) is 0.185. The molecule has 0 saturated heterocycles. The highest BCUT2D eigenvalue weighted by Crippen LogP contribution is 2.26. The van der Waals surface area contributed by atoms with E-state index in [9.17, 15) is 14.9 Å². The van der Waals surface area contributed by atoms with Crippen molar-refractivity contribution in [1.82, 2.24) is 15.1 Å². The van der Waals surface area contributed by atoms with E-state index < -0.39 is 4.92 Å². The molecule has 8 heteroatoms. The first-order chi connectivity index (χ1) is 7.97. The fourth-order valence-electron chi connectivity index (χ4n) is 1.48. The van der Waals surface area contributed by atoms with Gasteiger partial charge in [-0.3, -0.25) is 14.9 Å². The normalized spacial score (nSPS) is 10.1. The molecule has 1 aromatic rings. The number of rotatable bonds is 5. The van der Waals surface area contributed by atoms with Crippen LogP contribution in [-0.4, -0.2) is 34.2 Å². The van der Waals surface area contributed by atoms with Crippen LogP contribution in [0, 0.1) is 17.0 Å². The molecule has 1 amide bonds. The molecule has 1 heterocycles. The molecular formula is C9H15N5O3. The van der Waals surface area contributed by atoms with Crippen LogP contribution in [0.1, 0.15) is 12.1 Å². The topological polar surface area (TPSA) is 102 Å². The SMILES string of the molecule is CNC(=O)CCNc1c([N+](=O)[O-])c(C)nn1C. The highest BCUT2D eigenvalue weighted by molar-refractivity contribution is 5.76. The first-order valence-corrected chi connectivity index (χ1v) is 5.09. The molecular weight excluding hydrogens is 226 g/mol. The molecule has 0 bridgehead atoms. The van der Waals surface area contributed by atoms with Gasteiger partial charge in [0.15, 0.2) is 0 Å². The van der Waals surface area contributed by atoms with Gasteiger partial charge in [0, 0.05) is 27.1 Å². The molecule has 1 aromatic heterocycles. The van der Waals surface area contributed by atoms with Gasteiger partial charge in [-0.25, -0.2) is 4.68 Å². The Bertz CT molecular complexity index is 440. The van der Waals surface area contributed by atoms with Crippen molar-refractivity contribution in [3.8, 4) is 0 Å². The second kappa shape index (κ2) is 5.28. The molecule has 0 aromatic carbocycles. The Morgan fingerprint density at radius 3 is 2.76 bits per heavy atom. The summed E-state index contributed by atoms with van der Waals surface area (Å²) in [6, 6.07) is 0. The van der Waals surface area contributed by atoms with Crippen LogP contribution in [-0.2, 0) is 11.8 Å². The van der Waals surface area contributed by atoms with Gasteiger partial charge in [0.05, 0.1) is 4.92 Å². The predicted molar refractivity (Wildman–Crippen MR) is 61.8 cm³/mol. The summed E-state index contributed by atoms with van der Waals surface area (Å²) in [5.41, 5.74) is 0.296. The van der Waals surface area contributed by atoms with Crippen molar-refractivity contribution in [3.05, 3.63) is 15.8 Å². The number of nitrogens with one attached hydrogen (secondary N) is 2. The number of nitro groups is 1. The Balaban J connectivity index is 2.77. The van der Waals surface area contributed by atoms with E-state index >= 15 is 0 Å². The number of amides is 1. The number of anilines is 1. The summed E-state index contributed by atoms with van der Waals surface area (Å²) in [6.07, 6.45) is 0.248. The lowest BCUT2D eigenvalue weighted by molar-refractivity contribution is -0.384. The van der Waals surface area contributed by atoms with Gasteiger partial charge in [0.25, 0.3) is 0 Å². The van der Waals surface area contributed by atoms with Crippen molar-refractivity contribution < 1.29 is 9.72 Å². The van der Waals surface area contributed by atoms with Crippen LogP contribution in [0.4, 0.5) is 11.5 Å². The molecule has 1 rings (SSSR count). The summed E-state index contributed by atoms with van der Waals surface area (Å²) in [4.78, 5) is 21.4. The van der Waals surface area contributed by atoms with Gasteiger partial charge in [0.1, 0.15) is 5.69 Å². The smallest absolute Gasteiger partial charge is 0.333 e. The van der Waals surface area contributed by atoms with Crippen LogP contribution < -0.4 is 10.6 Å². The molecule has 94 valence electrons. The minimum absolute atomic E-state index is 0.0515. The maximum atomic E-state index is 11.0. The lowest BCUT2D eigenvalue weighted by Gasteiger charge is -2.05. The van der Waals surface area contributed by atoms with Crippen molar-refractivity contribution in [2.24, 2.45) is 7.05 Å². The summed E-state index contributed by atoms with van der Waals surface area (Å²) < 4.78 is 1.40. The molecule has 2 N–H and O–H groups in total. The second-order valence-electron chi connectivity index (χ2n) is 3.51. The fourth-order valence-corrected chi connectivity index (χ4v) is 1.48. The van der Waals surface area contributed by atoms with Crippen molar-refractivity contribution in [2.75, 3.05) is 18.9 Å². The number of nitrogens with zero attached hydrogens (tertiary/aromatic N) is 3. The molecule has 0 unspecified atom stereocenters. The largest absolute Gasteiger partial charge is 0.364 e. The summed E-state index contributed by atoms with van der Waals surface area (Å²) >= 11 is 0. The molecule has 17 heavy (non-hydrogen) atoms. The van der Waals surface area contributed by atoms with E-state index in [4.69, 9.17) is 0 Å². The van der Waals surface area contributed by atoms with E-state index in [2.05, 4.69) is 15.7 Å². The molecule has 0 radical (unpaired) electrons. The number of hydrogen-bond donors (Lipinski definition) is 2. The zero-order valence-corrected chi connectivity index (χ0v) is 9.98. The van der Waals surface area contributed by atoms with Gasteiger partial charge < -0.3 is 10.6 Å². The van der Waals surface area contributed by atoms with Crippen LogP contribution in [0.5, 0.6) is 0 Å². The van der Waals surface area contributed by atoms with Gasteiger partial charge in [-0.15, -0.1) is 0 Å². The Hall–Kier alpha value is -2.12. The zero-order chi connectivity index (χ0) is 13.0. The summed E-state index contributed by atoms with van der Waals surface area (Å²) in [6.45, 7) is 1.89. The number of hydrogen-bond acceptors (Lipinski definition) is 5. The third kappa shape index (κ3) is 2.92.